The Labute approximate surface area is 170 Å². The second kappa shape index (κ2) is 8.64. The molecule has 0 aliphatic rings. The number of hydrogen-bond donors (Lipinski definition) is 5. The molecule has 0 saturated heterocycles. The van der Waals surface area contributed by atoms with Crippen molar-refractivity contribution < 1.29 is 24.6 Å². The lowest BCUT2D eigenvalue weighted by Gasteiger charge is -2.14. The molecule has 10 heteroatoms. The number of benzene rings is 2. The van der Waals surface area contributed by atoms with Crippen LogP contribution in [-0.2, 0) is 11.8 Å². The van der Waals surface area contributed by atoms with Crippen molar-refractivity contribution >= 4 is 34.3 Å². The SMILES string of the molecule is CC(NO)OC(=O)NC(=O)c1c(O)c2ccc(Nc3ccccc3)cc2n(C)c1=O. The van der Waals surface area contributed by atoms with E-state index in [9.17, 15) is 19.5 Å². The zero-order valence-corrected chi connectivity index (χ0v) is 16.2. The minimum Gasteiger partial charge on any atom is -0.506 e. The Balaban J connectivity index is 1.96. The number of hydrogen-bond acceptors (Lipinski definition) is 8. The molecule has 2 amide bonds. The van der Waals surface area contributed by atoms with Gasteiger partial charge in [0, 0.05) is 23.8 Å². The highest BCUT2D eigenvalue weighted by molar-refractivity contribution is 6.07. The van der Waals surface area contributed by atoms with Gasteiger partial charge in [0.15, 0.2) is 6.23 Å². The highest BCUT2D eigenvalue weighted by Crippen LogP contribution is 2.29. The molecule has 30 heavy (non-hydrogen) atoms. The van der Waals surface area contributed by atoms with Crippen LogP contribution in [0.3, 0.4) is 0 Å². The summed E-state index contributed by atoms with van der Waals surface area (Å²) in [4.78, 5) is 36.8. The van der Waals surface area contributed by atoms with E-state index in [0.717, 1.165) is 5.69 Å². The molecular formula is C20H20N4O6. The number of hydroxylamine groups is 1. The number of carbonyl (C=O) groups is 2. The lowest BCUT2D eigenvalue weighted by molar-refractivity contribution is -0.00128. The number of aromatic nitrogens is 1. The molecular weight excluding hydrogens is 392 g/mol. The lowest BCUT2D eigenvalue weighted by Crippen LogP contribution is -2.39. The molecule has 3 rings (SSSR count). The van der Waals surface area contributed by atoms with Gasteiger partial charge in [0.1, 0.15) is 11.3 Å². The second-order valence-corrected chi connectivity index (χ2v) is 6.44. The van der Waals surface area contributed by atoms with E-state index in [-0.39, 0.29) is 5.39 Å². The normalized spacial score (nSPS) is 11.7. The van der Waals surface area contributed by atoms with Gasteiger partial charge in [-0.25, -0.2) is 4.79 Å². The summed E-state index contributed by atoms with van der Waals surface area (Å²) in [5.41, 5.74) is 2.17. The molecule has 1 heterocycles. The van der Waals surface area contributed by atoms with E-state index in [2.05, 4.69) is 10.1 Å². The Hall–Kier alpha value is -3.89. The highest BCUT2D eigenvalue weighted by Gasteiger charge is 2.24. The summed E-state index contributed by atoms with van der Waals surface area (Å²) in [7, 11) is 1.45. The van der Waals surface area contributed by atoms with Crippen molar-refractivity contribution in [1.82, 2.24) is 15.4 Å². The smallest absolute Gasteiger partial charge is 0.415 e. The van der Waals surface area contributed by atoms with Crippen molar-refractivity contribution in [1.29, 1.82) is 0 Å². The second-order valence-electron chi connectivity index (χ2n) is 6.44. The fraction of sp³-hybridized carbons (Fsp3) is 0.150. The molecule has 1 unspecified atom stereocenters. The van der Waals surface area contributed by atoms with Gasteiger partial charge < -0.3 is 24.9 Å². The molecule has 0 fully saturated rings. The summed E-state index contributed by atoms with van der Waals surface area (Å²) >= 11 is 0. The minimum absolute atomic E-state index is 0.250. The highest BCUT2D eigenvalue weighted by atomic mass is 16.6. The van der Waals surface area contributed by atoms with Gasteiger partial charge in [0.25, 0.3) is 11.5 Å². The molecule has 10 nitrogen and oxygen atoms in total. The maximum atomic E-state index is 12.7. The predicted molar refractivity (Wildman–Crippen MR) is 109 cm³/mol. The maximum Gasteiger partial charge on any atom is 0.415 e. The zero-order valence-electron chi connectivity index (χ0n) is 16.2. The standard InChI is InChI=1S/C20H20N4O6/c1-11(23-29)30-20(28)22-18(26)16-17(25)14-9-8-13(10-15(14)24(2)19(16)27)21-12-6-4-3-5-7-12/h3-11,21,23,25,29H,1-2H3,(H,22,26,28). The third kappa shape index (κ3) is 4.24. The number of aromatic hydroxyl groups is 1. The van der Waals surface area contributed by atoms with E-state index in [1.165, 1.54) is 18.5 Å². The first-order valence-corrected chi connectivity index (χ1v) is 8.91. The van der Waals surface area contributed by atoms with Crippen molar-refractivity contribution in [2.75, 3.05) is 5.32 Å². The van der Waals surface area contributed by atoms with Crippen LogP contribution < -0.4 is 21.7 Å². The molecule has 156 valence electrons. The number of anilines is 2. The van der Waals surface area contributed by atoms with E-state index < -0.39 is 35.1 Å². The Kier molecular flexibility index (Phi) is 6.00. The fourth-order valence-electron chi connectivity index (χ4n) is 2.86. The summed E-state index contributed by atoms with van der Waals surface area (Å²) in [5.74, 6) is -1.69. The van der Waals surface area contributed by atoms with Crippen LogP contribution >= 0.6 is 0 Å². The first-order chi connectivity index (χ1) is 14.3. The van der Waals surface area contributed by atoms with Crippen molar-refractivity contribution in [3.63, 3.8) is 0 Å². The number of nitrogens with zero attached hydrogens (tertiary/aromatic N) is 1. The average molecular weight is 412 g/mol. The Bertz CT molecular complexity index is 1160. The quantitative estimate of drug-likeness (QED) is 0.317. The van der Waals surface area contributed by atoms with Crippen LogP contribution in [0.5, 0.6) is 5.75 Å². The van der Waals surface area contributed by atoms with Crippen molar-refractivity contribution in [3.8, 4) is 5.75 Å². The molecule has 0 aliphatic carbocycles. The van der Waals surface area contributed by atoms with Crippen LogP contribution in [0.1, 0.15) is 17.3 Å². The zero-order chi connectivity index (χ0) is 21.8. The van der Waals surface area contributed by atoms with E-state index in [0.29, 0.717) is 11.2 Å². The van der Waals surface area contributed by atoms with Gasteiger partial charge in [0.2, 0.25) is 0 Å². The number of para-hydroxylation sites is 1. The number of fused-ring (bicyclic) bond motifs is 1. The fourth-order valence-corrected chi connectivity index (χ4v) is 2.86. The number of alkyl carbamates (subject to hydrolysis) is 1. The summed E-state index contributed by atoms with van der Waals surface area (Å²) < 4.78 is 5.83. The van der Waals surface area contributed by atoms with Gasteiger partial charge in [-0.3, -0.25) is 14.9 Å². The minimum atomic E-state index is -1.20. The van der Waals surface area contributed by atoms with Crippen LogP contribution in [0.4, 0.5) is 16.2 Å². The summed E-state index contributed by atoms with van der Waals surface area (Å²) in [6.07, 6.45) is -2.28. The first kappa shape index (κ1) is 20.8. The van der Waals surface area contributed by atoms with Gasteiger partial charge in [-0.15, -0.1) is 0 Å². The Morgan fingerprint density at radius 2 is 1.80 bits per heavy atom. The molecule has 0 aliphatic heterocycles. The van der Waals surface area contributed by atoms with E-state index >= 15 is 0 Å². The van der Waals surface area contributed by atoms with Crippen LogP contribution in [0.15, 0.2) is 53.3 Å². The van der Waals surface area contributed by atoms with Crippen LogP contribution in [0.25, 0.3) is 10.9 Å². The molecule has 0 radical (unpaired) electrons. The number of ether oxygens (including phenoxy) is 1. The van der Waals surface area contributed by atoms with Crippen molar-refractivity contribution in [2.45, 2.75) is 13.2 Å². The maximum absolute atomic E-state index is 12.7. The Morgan fingerprint density at radius 1 is 1.10 bits per heavy atom. The first-order valence-electron chi connectivity index (χ1n) is 8.91. The molecule has 0 saturated carbocycles. The number of nitrogens with one attached hydrogen (secondary N) is 3. The van der Waals surface area contributed by atoms with Crippen LogP contribution in [0.2, 0.25) is 0 Å². The lowest BCUT2D eigenvalue weighted by atomic mass is 10.1. The third-order valence-electron chi connectivity index (χ3n) is 4.34. The number of carbonyl (C=O) groups excluding carboxylic acids is 2. The van der Waals surface area contributed by atoms with Gasteiger partial charge in [-0.1, -0.05) is 18.2 Å². The molecule has 1 aromatic heterocycles. The average Bonchev–Trinajstić information content (AvgIpc) is 2.72. The monoisotopic (exact) mass is 412 g/mol. The van der Waals surface area contributed by atoms with Gasteiger partial charge in [-0.2, -0.15) is 5.48 Å². The molecule has 5 N–H and O–H groups in total. The largest absolute Gasteiger partial charge is 0.506 e. The topological polar surface area (TPSA) is 142 Å². The van der Waals surface area contributed by atoms with E-state index in [4.69, 9.17) is 5.21 Å². The summed E-state index contributed by atoms with van der Waals surface area (Å²) in [6, 6.07) is 14.3. The van der Waals surface area contributed by atoms with Crippen molar-refractivity contribution in [2.24, 2.45) is 7.05 Å². The third-order valence-corrected chi connectivity index (χ3v) is 4.34. The van der Waals surface area contributed by atoms with Gasteiger partial charge >= 0.3 is 6.09 Å². The number of imide groups is 1. The van der Waals surface area contributed by atoms with Gasteiger partial charge in [0.05, 0.1) is 5.52 Å². The molecule has 2 aromatic carbocycles. The number of pyridine rings is 1. The van der Waals surface area contributed by atoms with E-state index in [1.54, 1.807) is 23.7 Å². The van der Waals surface area contributed by atoms with Crippen LogP contribution in [-0.4, -0.2) is 33.1 Å². The summed E-state index contributed by atoms with van der Waals surface area (Å²) in [5, 5.41) is 24.5. The molecule has 0 spiro atoms. The summed E-state index contributed by atoms with van der Waals surface area (Å²) in [6.45, 7) is 1.32. The number of aryl methyl sites for hydroxylation is 1. The van der Waals surface area contributed by atoms with Crippen molar-refractivity contribution in [3.05, 3.63) is 64.4 Å². The number of rotatable bonds is 5. The predicted octanol–water partition coefficient (Wildman–Crippen LogP) is 2.18. The molecule has 1 atom stereocenters. The molecule has 0 bridgehead atoms. The van der Waals surface area contributed by atoms with Crippen LogP contribution in [0, 0.1) is 0 Å². The Morgan fingerprint density at radius 3 is 2.47 bits per heavy atom. The van der Waals surface area contributed by atoms with Gasteiger partial charge in [-0.05, 0) is 37.3 Å². The number of amides is 2. The molecule has 3 aromatic rings. The van der Waals surface area contributed by atoms with E-state index in [1.807, 2.05) is 35.6 Å².